The molecule has 0 bridgehead atoms. The summed E-state index contributed by atoms with van der Waals surface area (Å²) in [6.07, 6.45) is 2.53. The summed E-state index contributed by atoms with van der Waals surface area (Å²) in [6.45, 7) is 2.80. The zero-order valence-corrected chi connectivity index (χ0v) is 8.34. The SMILES string of the molecule is CCC(F)C[SiH]1CCCCO1. The Bertz CT molecular complexity index is 104. The molecule has 1 aliphatic rings. The van der Waals surface area contributed by atoms with Crippen LogP contribution in [0.3, 0.4) is 0 Å². The molecule has 66 valence electrons. The quantitative estimate of drug-likeness (QED) is 0.599. The Morgan fingerprint density at radius 2 is 2.36 bits per heavy atom. The lowest BCUT2D eigenvalue weighted by Crippen LogP contribution is -2.26. The van der Waals surface area contributed by atoms with Gasteiger partial charge in [-0.1, -0.05) is 13.3 Å². The third kappa shape index (κ3) is 3.34. The molecule has 1 saturated heterocycles. The normalized spacial score (nSPS) is 28.4. The summed E-state index contributed by atoms with van der Waals surface area (Å²) in [5.41, 5.74) is 0. The second-order valence-corrected chi connectivity index (χ2v) is 5.86. The molecule has 0 aromatic carbocycles. The highest BCUT2D eigenvalue weighted by Gasteiger charge is 2.19. The summed E-state index contributed by atoms with van der Waals surface area (Å²) in [6, 6.07) is 1.94. The molecule has 0 aromatic heterocycles. The van der Waals surface area contributed by atoms with Crippen molar-refractivity contribution in [1.29, 1.82) is 0 Å². The van der Waals surface area contributed by atoms with Gasteiger partial charge in [-0.05, 0) is 24.9 Å². The van der Waals surface area contributed by atoms with Gasteiger partial charge in [-0.25, -0.2) is 4.39 Å². The summed E-state index contributed by atoms with van der Waals surface area (Å²) >= 11 is 0. The maximum absolute atomic E-state index is 12.9. The van der Waals surface area contributed by atoms with Crippen molar-refractivity contribution in [1.82, 2.24) is 0 Å². The number of halogens is 1. The lowest BCUT2D eigenvalue weighted by molar-refractivity contribution is 0.269. The minimum Gasteiger partial charge on any atom is -0.420 e. The van der Waals surface area contributed by atoms with E-state index in [-0.39, 0.29) is 0 Å². The molecule has 1 nitrogen and oxygen atoms in total. The molecule has 1 heterocycles. The number of hydrogen-bond acceptors (Lipinski definition) is 1. The van der Waals surface area contributed by atoms with Gasteiger partial charge in [-0.2, -0.15) is 0 Å². The van der Waals surface area contributed by atoms with Gasteiger partial charge in [0.25, 0.3) is 0 Å². The van der Waals surface area contributed by atoms with Crippen LogP contribution in [0.4, 0.5) is 4.39 Å². The molecule has 0 N–H and O–H groups in total. The van der Waals surface area contributed by atoms with Crippen LogP contribution in [0.1, 0.15) is 26.2 Å². The molecular formula is C8H17FOSi. The topological polar surface area (TPSA) is 9.23 Å². The van der Waals surface area contributed by atoms with Crippen LogP contribution in [-0.4, -0.2) is 21.8 Å². The molecule has 3 heteroatoms. The van der Waals surface area contributed by atoms with E-state index in [2.05, 4.69) is 0 Å². The highest BCUT2D eigenvalue weighted by Crippen LogP contribution is 2.17. The van der Waals surface area contributed by atoms with E-state index in [0.29, 0.717) is 6.42 Å². The minimum atomic E-state index is -1.08. The summed E-state index contributed by atoms with van der Waals surface area (Å²) in [5.74, 6) is 0. The number of alkyl halides is 1. The summed E-state index contributed by atoms with van der Waals surface area (Å²) in [5, 5.41) is 0. The molecule has 0 aliphatic carbocycles. The number of hydrogen-bond donors (Lipinski definition) is 0. The van der Waals surface area contributed by atoms with Gasteiger partial charge >= 0.3 is 0 Å². The predicted molar refractivity (Wildman–Crippen MR) is 47.1 cm³/mol. The van der Waals surface area contributed by atoms with E-state index in [0.717, 1.165) is 12.7 Å². The van der Waals surface area contributed by atoms with Gasteiger partial charge in [0.15, 0.2) is 9.04 Å². The van der Waals surface area contributed by atoms with Crippen LogP contribution < -0.4 is 0 Å². The van der Waals surface area contributed by atoms with Crippen molar-refractivity contribution in [2.45, 2.75) is 44.4 Å². The van der Waals surface area contributed by atoms with Crippen LogP contribution in [0.15, 0.2) is 0 Å². The fourth-order valence-corrected chi connectivity index (χ4v) is 4.13. The lowest BCUT2D eigenvalue weighted by Gasteiger charge is -2.21. The highest BCUT2D eigenvalue weighted by atomic mass is 28.3. The van der Waals surface area contributed by atoms with E-state index in [1.165, 1.54) is 18.9 Å². The van der Waals surface area contributed by atoms with Crippen molar-refractivity contribution < 1.29 is 8.82 Å². The first-order chi connectivity index (χ1) is 5.33. The Morgan fingerprint density at radius 1 is 1.55 bits per heavy atom. The van der Waals surface area contributed by atoms with Crippen LogP contribution in [-0.2, 0) is 4.43 Å². The van der Waals surface area contributed by atoms with Gasteiger partial charge in [-0.3, -0.25) is 0 Å². The molecule has 1 rings (SSSR count). The maximum Gasteiger partial charge on any atom is 0.179 e. The molecule has 0 spiro atoms. The molecule has 11 heavy (non-hydrogen) atoms. The van der Waals surface area contributed by atoms with Crippen molar-refractivity contribution in [3.63, 3.8) is 0 Å². The van der Waals surface area contributed by atoms with Crippen molar-refractivity contribution >= 4 is 9.04 Å². The number of rotatable bonds is 3. The average molecular weight is 176 g/mol. The molecule has 1 fully saturated rings. The van der Waals surface area contributed by atoms with E-state index < -0.39 is 15.2 Å². The minimum absolute atomic E-state index is 0.593. The van der Waals surface area contributed by atoms with Crippen LogP contribution in [0.2, 0.25) is 12.1 Å². The molecule has 0 aromatic rings. The first kappa shape index (κ1) is 9.20. The Labute approximate surface area is 69.7 Å². The predicted octanol–water partition coefficient (Wildman–Crippen LogP) is 2.27. The summed E-state index contributed by atoms with van der Waals surface area (Å²) < 4.78 is 18.4. The van der Waals surface area contributed by atoms with Gasteiger partial charge in [-0.15, -0.1) is 0 Å². The smallest absolute Gasteiger partial charge is 0.179 e. The molecule has 0 radical (unpaired) electrons. The Hall–Kier alpha value is 0.107. The van der Waals surface area contributed by atoms with Crippen LogP contribution in [0.25, 0.3) is 0 Å². The van der Waals surface area contributed by atoms with Gasteiger partial charge in [0.1, 0.15) is 0 Å². The van der Waals surface area contributed by atoms with Crippen molar-refractivity contribution in [2.75, 3.05) is 6.61 Å². The van der Waals surface area contributed by atoms with Gasteiger partial charge in [0.05, 0.1) is 6.17 Å². The third-order valence-electron chi connectivity index (χ3n) is 2.24. The van der Waals surface area contributed by atoms with Crippen LogP contribution >= 0.6 is 0 Å². The molecule has 2 atom stereocenters. The van der Waals surface area contributed by atoms with Crippen molar-refractivity contribution in [3.8, 4) is 0 Å². The Morgan fingerprint density at radius 3 is 2.91 bits per heavy atom. The van der Waals surface area contributed by atoms with Gasteiger partial charge in [0, 0.05) is 6.61 Å². The van der Waals surface area contributed by atoms with Gasteiger partial charge < -0.3 is 4.43 Å². The maximum atomic E-state index is 12.9. The van der Waals surface area contributed by atoms with E-state index in [1.54, 1.807) is 0 Å². The van der Waals surface area contributed by atoms with Gasteiger partial charge in [0.2, 0.25) is 0 Å². The van der Waals surface area contributed by atoms with Crippen LogP contribution in [0, 0.1) is 0 Å². The first-order valence-electron chi connectivity index (χ1n) is 4.58. The first-order valence-corrected chi connectivity index (χ1v) is 6.69. The summed E-state index contributed by atoms with van der Waals surface area (Å²) in [7, 11) is -1.08. The van der Waals surface area contributed by atoms with E-state index in [4.69, 9.17) is 4.43 Å². The Kier molecular flexibility index (Phi) is 4.08. The lowest BCUT2D eigenvalue weighted by atomic mass is 10.3. The zero-order chi connectivity index (χ0) is 8.10. The van der Waals surface area contributed by atoms with Crippen molar-refractivity contribution in [2.24, 2.45) is 0 Å². The highest BCUT2D eigenvalue weighted by molar-refractivity contribution is 6.52. The van der Waals surface area contributed by atoms with Crippen LogP contribution in [0.5, 0.6) is 0 Å². The zero-order valence-electron chi connectivity index (χ0n) is 7.18. The molecule has 2 unspecified atom stereocenters. The fraction of sp³-hybridized carbons (Fsp3) is 1.00. The van der Waals surface area contributed by atoms with E-state index in [1.807, 2.05) is 6.92 Å². The van der Waals surface area contributed by atoms with Crippen molar-refractivity contribution in [3.05, 3.63) is 0 Å². The van der Waals surface area contributed by atoms with E-state index >= 15 is 0 Å². The second-order valence-electron chi connectivity index (χ2n) is 3.23. The molecule has 0 saturated carbocycles. The second kappa shape index (κ2) is 4.88. The van der Waals surface area contributed by atoms with E-state index in [9.17, 15) is 4.39 Å². The molecule has 0 amide bonds. The largest absolute Gasteiger partial charge is 0.420 e. The third-order valence-corrected chi connectivity index (χ3v) is 5.03. The molecular weight excluding hydrogens is 159 g/mol. The standard InChI is InChI=1S/C8H17FOSi/c1-2-8(9)7-11-6-4-3-5-10-11/h8,11H,2-7H2,1H3. The monoisotopic (exact) mass is 176 g/mol. The fourth-order valence-electron chi connectivity index (χ4n) is 1.45. The Balaban J connectivity index is 2.13. The average Bonchev–Trinajstić information content (AvgIpc) is 2.06. The molecule has 1 aliphatic heterocycles. The summed E-state index contributed by atoms with van der Waals surface area (Å²) in [4.78, 5) is 0.